The van der Waals surface area contributed by atoms with Crippen LogP contribution in [0.4, 0.5) is 0 Å². The van der Waals surface area contributed by atoms with E-state index in [0.29, 0.717) is 5.75 Å². The molecule has 2 aliphatic rings. The summed E-state index contributed by atoms with van der Waals surface area (Å²) in [5.41, 5.74) is 3.93. The number of phenols is 1. The maximum absolute atomic E-state index is 8.92. The maximum atomic E-state index is 8.92. The van der Waals surface area contributed by atoms with Crippen LogP contribution in [0.3, 0.4) is 0 Å². The molecule has 3 nitrogen and oxygen atoms in total. The number of rotatable bonds is 0. The number of para-hydroxylation sites is 1. The zero-order valence-electron chi connectivity index (χ0n) is 13.0. The van der Waals surface area contributed by atoms with Gasteiger partial charge in [-0.3, -0.25) is 0 Å². The standard InChI is InChI=1S/C12H15NO.C7H8O/c1-2-4-11-8-12(7-10(11)3-1)9-13-5-6-14-12;1-6-4-2-3-5-7(6)8/h1-4,13H,5-9H2;2-5,8H,1H3. The minimum Gasteiger partial charge on any atom is -0.508 e. The molecule has 2 aromatic carbocycles. The highest BCUT2D eigenvalue weighted by atomic mass is 16.5. The highest BCUT2D eigenvalue weighted by Crippen LogP contribution is 2.33. The molecular weight excluding hydrogens is 274 g/mol. The summed E-state index contributed by atoms with van der Waals surface area (Å²) in [6.07, 6.45) is 2.16. The Morgan fingerprint density at radius 2 is 1.64 bits per heavy atom. The summed E-state index contributed by atoms with van der Waals surface area (Å²) in [6.45, 7) is 4.73. The molecule has 2 N–H and O–H groups in total. The van der Waals surface area contributed by atoms with E-state index < -0.39 is 0 Å². The van der Waals surface area contributed by atoms with Gasteiger partial charge in [0.05, 0.1) is 12.2 Å². The van der Waals surface area contributed by atoms with Crippen molar-refractivity contribution in [2.24, 2.45) is 0 Å². The Bertz CT molecular complexity index is 585. The van der Waals surface area contributed by atoms with E-state index in [1.807, 2.05) is 25.1 Å². The van der Waals surface area contributed by atoms with E-state index in [0.717, 1.165) is 38.1 Å². The highest BCUT2D eigenvalue weighted by molar-refractivity contribution is 5.35. The molecule has 0 amide bonds. The normalized spacial score (nSPS) is 18.4. The van der Waals surface area contributed by atoms with E-state index >= 15 is 0 Å². The molecule has 0 unspecified atom stereocenters. The maximum Gasteiger partial charge on any atom is 0.118 e. The topological polar surface area (TPSA) is 41.5 Å². The summed E-state index contributed by atoms with van der Waals surface area (Å²) in [5, 5.41) is 12.3. The highest BCUT2D eigenvalue weighted by Gasteiger charge is 2.39. The fourth-order valence-corrected chi connectivity index (χ4v) is 3.16. The van der Waals surface area contributed by atoms with Gasteiger partial charge in [-0.25, -0.2) is 0 Å². The van der Waals surface area contributed by atoms with Crippen LogP contribution in [0, 0.1) is 6.92 Å². The molecule has 0 atom stereocenters. The lowest BCUT2D eigenvalue weighted by Crippen LogP contribution is -2.50. The molecule has 1 saturated heterocycles. The number of aryl methyl sites for hydroxylation is 1. The van der Waals surface area contributed by atoms with Gasteiger partial charge >= 0.3 is 0 Å². The van der Waals surface area contributed by atoms with Crippen molar-refractivity contribution in [3.63, 3.8) is 0 Å². The third kappa shape index (κ3) is 3.32. The number of fused-ring (bicyclic) bond motifs is 1. The van der Waals surface area contributed by atoms with Gasteiger partial charge in [-0.05, 0) is 29.7 Å². The van der Waals surface area contributed by atoms with Gasteiger partial charge in [-0.2, -0.15) is 0 Å². The second-order valence-corrected chi connectivity index (χ2v) is 6.12. The third-order valence-electron chi connectivity index (χ3n) is 4.39. The molecule has 116 valence electrons. The fourth-order valence-electron chi connectivity index (χ4n) is 3.16. The average molecular weight is 297 g/mol. The summed E-state index contributed by atoms with van der Waals surface area (Å²) in [7, 11) is 0. The summed E-state index contributed by atoms with van der Waals surface area (Å²) >= 11 is 0. The molecule has 0 bridgehead atoms. The van der Waals surface area contributed by atoms with Gasteiger partial charge in [0.1, 0.15) is 5.75 Å². The predicted octanol–water partition coefficient (Wildman–Crippen LogP) is 2.84. The quantitative estimate of drug-likeness (QED) is 0.785. The first-order valence-corrected chi connectivity index (χ1v) is 7.85. The number of benzene rings is 2. The van der Waals surface area contributed by atoms with E-state index in [4.69, 9.17) is 9.84 Å². The lowest BCUT2D eigenvalue weighted by molar-refractivity contribution is -0.0580. The Morgan fingerprint density at radius 1 is 1.00 bits per heavy atom. The van der Waals surface area contributed by atoms with E-state index in [-0.39, 0.29) is 5.60 Å². The molecule has 1 aliphatic carbocycles. The van der Waals surface area contributed by atoms with Crippen LogP contribution in [0.1, 0.15) is 16.7 Å². The van der Waals surface area contributed by atoms with E-state index in [1.54, 1.807) is 6.07 Å². The first-order valence-electron chi connectivity index (χ1n) is 7.85. The summed E-state index contributed by atoms with van der Waals surface area (Å²) in [6, 6.07) is 15.9. The lowest BCUT2D eigenvalue weighted by atomic mass is 9.99. The van der Waals surface area contributed by atoms with Crippen LogP contribution < -0.4 is 5.32 Å². The Morgan fingerprint density at radius 3 is 2.14 bits per heavy atom. The number of aromatic hydroxyl groups is 1. The third-order valence-corrected chi connectivity index (χ3v) is 4.39. The smallest absolute Gasteiger partial charge is 0.118 e. The Balaban J connectivity index is 0.000000154. The van der Waals surface area contributed by atoms with Crippen molar-refractivity contribution in [1.82, 2.24) is 5.32 Å². The Hall–Kier alpha value is -1.84. The van der Waals surface area contributed by atoms with Gasteiger partial charge in [0.2, 0.25) is 0 Å². The molecule has 2 aromatic rings. The van der Waals surface area contributed by atoms with Crippen LogP contribution in [-0.4, -0.2) is 30.4 Å². The Labute approximate surface area is 131 Å². The van der Waals surface area contributed by atoms with Crippen molar-refractivity contribution in [3.8, 4) is 5.75 Å². The van der Waals surface area contributed by atoms with Gasteiger partial charge < -0.3 is 15.2 Å². The molecule has 0 saturated carbocycles. The molecule has 1 fully saturated rings. The van der Waals surface area contributed by atoms with Crippen molar-refractivity contribution in [2.75, 3.05) is 19.7 Å². The monoisotopic (exact) mass is 297 g/mol. The largest absolute Gasteiger partial charge is 0.508 e. The van der Waals surface area contributed by atoms with Crippen molar-refractivity contribution in [1.29, 1.82) is 0 Å². The molecule has 1 spiro atoms. The zero-order chi connectivity index (χ0) is 15.4. The van der Waals surface area contributed by atoms with Crippen LogP contribution in [0.25, 0.3) is 0 Å². The molecule has 3 heteroatoms. The second kappa shape index (κ2) is 6.51. The van der Waals surface area contributed by atoms with E-state index in [2.05, 4.69) is 29.6 Å². The van der Waals surface area contributed by atoms with Crippen LogP contribution >= 0.6 is 0 Å². The number of ether oxygens (including phenoxy) is 1. The van der Waals surface area contributed by atoms with Gasteiger partial charge in [0.15, 0.2) is 0 Å². The van der Waals surface area contributed by atoms with Gasteiger partial charge in [0, 0.05) is 25.9 Å². The average Bonchev–Trinajstić information content (AvgIpc) is 2.89. The van der Waals surface area contributed by atoms with Crippen molar-refractivity contribution < 1.29 is 9.84 Å². The number of phenolic OH excluding ortho intramolecular Hbond substituents is 1. The summed E-state index contributed by atoms with van der Waals surface area (Å²) in [5.74, 6) is 0.368. The Kier molecular flexibility index (Phi) is 4.46. The number of hydrogen-bond acceptors (Lipinski definition) is 3. The lowest BCUT2D eigenvalue weighted by Gasteiger charge is -2.34. The predicted molar refractivity (Wildman–Crippen MR) is 88.2 cm³/mol. The first-order chi connectivity index (χ1) is 10.7. The molecule has 0 aromatic heterocycles. The number of hydrogen-bond donors (Lipinski definition) is 2. The number of nitrogens with one attached hydrogen (secondary N) is 1. The molecule has 1 heterocycles. The summed E-state index contributed by atoms with van der Waals surface area (Å²) in [4.78, 5) is 0. The van der Waals surface area contributed by atoms with E-state index in [9.17, 15) is 0 Å². The zero-order valence-corrected chi connectivity index (χ0v) is 13.0. The van der Waals surface area contributed by atoms with Crippen LogP contribution in [0.5, 0.6) is 5.75 Å². The SMILES string of the molecule is Cc1ccccc1O.c1ccc2c(c1)CC1(CNCCO1)C2. The number of morpholine rings is 1. The van der Waals surface area contributed by atoms with Crippen LogP contribution in [0.15, 0.2) is 48.5 Å². The van der Waals surface area contributed by atoms with Gasteiger partial charge in [-0.15, -0.1) is 0 Å². The first kappa shape index (κ1) is 15.1. The summed E-state index contributed by atoms with van der Waals surface area (Å²) < 4.78 is 5.95. The minimum atomic E-state index is 0.0714. The second-order valence-electron chi connectivity index (χ2n) is 6.12. The fraction of sp³-hybridized carbons (Fsp3) is 0.368. The molecule has 22 heavy (non-hydrogen) atoms. The molecule has 0 radical (unpaired) electrons. The van der Waals surface area contributed by atoms with E-state index in [1.165, 1.54) is 11.1 Å². The van der Waals surface area contributed by atoms with Gasteiger partial charge in [0.25, 0.3) is 0 Å². The van der Waals surface area contributed by atoms with Crippen molar-refractivity contribution >= 4 is 0 Å². The molecule has 4 rings (SSSR count). The van der Waals surface area contributed by atoms with Crippen LogP contribution in [-0.2, 0) is 17.6 Å². The van der Waals surface area contributed by atoms with Crippen molar-refractivity contribution in [3.05, 3.63) is 65.2 Å². The van der Waals surface area contributed by atoms with Crippen LogP contribution in [0.2, 0.25) is 0 Å². The molecular formula is C19H23NO2. The minimum absolute atomic E-state index is 0.0714. The van der Waals surface area contributed by atoms with Gasteiger partial charge in [-0.1, -0.05) is 42.5 Å². The molecule has 1 aliphatic heterocycles. The van der Waals surface area contributed by atoms with Crippen molar-refractivity contribution in [2.45, 2.75) is 25.4 Å².